The standard InChI is InChI=1S/C22H22Cl2N2/c1-3-14(2)21-22(13-26-20-12-17(24)7-8-19(20)22)18(9-10-25-21)15-5-4-6-16(23)11-15/h4-8,11-13,18,21,25H,2-3,9-10H2,1H3/t18-,21+,22-/m1/s1. The number of rotatable bonds is 3. The highest BCUT2D eigenvalue weighted by molar-refractivity contribution is 6.31. The Labute approximate surface area is 164 Å². The molecule has 0 aromatic heterocycles. The molecule has 2 aliphatic rings. The molecule has 2 aliphatic heterocycles. The van der Waals surface area contributed by atoms with Gasteiger partial charge in [0.15, 0.2) is 0 Å². The Morgan fingerprint density at radius 2 is 2.04 bits per heavy atom. The van der Waals surface area contributed by atoms with E-state index in [1.807, 2.05) is 24.3 Å². The number of nitrogens with one attached hydrogen (secondary N) is 1. The van der Waals surface area contributed by atoms with Crippen LogP contribution in [0, 0.1) is 0 Å². The second kappa shape index (κ2) is 6.84. The molecule has 1 saturated heterocycles. The average Bonchev–Trinajstić information content (AvgIpc) is 3.00. The van der Waals surface area contributed by atoms with E-state index in [-0.39, 0.29) is 17.4 Å². The Morgan fingerprint density at radius 1 is 1.23 bits per heavy atom. The normalized spacial score (nSPS) is 26.9. The van der Waals surface area contributed by atoms with E-state index in [2.05, 4.69) is 43.2 Å². The van der Waals surface area contributed by atoms with Gasteiger partial charge in [0.05, 0.1) is 11.1 Å². The molecule has 4 heteroatoms. The molecule has 0 radical (unpaired) electrons. The van der Waals surface area contributed by atoms with E-state index in [1.54, 1.807) is 0 Å². The van der Waals surface area contributed by atoms with Crippen molar-refractivity contribution in [2.24, 2.45) is 4.99 Å². The predicted octanol–water partition coefficient (Wildman–Crippen LogP) is 6.06. The zero-order valence-corrected chi connectivity index (χ0v) is 16.3. The zero-order valence-electron chi connectivity index (χ0n) is 14.8. The van der Waals surface area contributed by atoms with Crippen LogP contribution in [0.3, 0.4) is 0 Å². The zero-order chi connectivity index (χ0) is 18.3. The van der Waals surface area contributed by atoms with Crippen molar-refractivity contribution in [3.63, 3.8) is 0 Å². The van der Waals surface area contributed by atoms with Gasteiger partial charge >= 0.3 is 0 Å². The fourth-order valence-electron chi connectivity index (χ4n) is 4.56. The Morgan fingerprint density at radius 3 is 2.81 bits per heavy atom. The van der Waals surface area contributed by atoms with E-state index < -0.39 is 0 Å². The maximum Gasteiger partial charge on any atom is 0.0683 e. The molecule has 2 aromatic rings. The number of hydrogen-bond donors (Lipinski definition) is 1. The summed E-state index contributed by atoms with van der Waals surface area (Å²) < 4.78 is 0. The molecule has 1 fully saturated rings. The molecule has 0 bridgehead atoms. The first-order chi connectivity index (χ1) is 12.6. The van der Waals surface area contributed by atoms with Crippen LogP contribution in [0.15, 0.2) is 59.6 Å². The van der Waals surface area contributed by atoms with Crippen molar-refractivity contribution in [2.75, 3.05) is 6.54 Å². The van der Waals surface area contributed by atoms with Crippen molar-refractivity contribution in [2.45, 2.75) is 37.1 Å². The smallest absolute Gasteiger partial charge is 0.0683 e. The van der Waals surface area contributed by atoms with E-state index in [1.165, 1.54) is 16.7 Å². The van der Waals surface area contributed by atoms with E-state index in [0.717, 1.165) is 30.1 Å². The van der Waals surface area contributed by atoms with Gasteiger partial charge in [0, 0.05) is 28.2 Å². The fraction of sp³-hybridized carbons (Fsp3) is 0.318. The SMILES string of the molecule is C=C(CC)[C@@H]1NCC[C@H](c2cccc(Cl)c2)[C@@]12C=Nc1cc(Cl)ccc12. The molecule has 3 atom stereocenters. The Kier molecular flexibility index (Phi) is 4.68. The second-order valence-corrected chi connectivity index (χ2v) is 8.02. The number of benzene rings is 2. The summed E-state index contributed by atoms with van der Waals surface area (Å²) in [4.78, 5) is 4.78. The highest BCUT2D eigenvalue weighted by Crippen LogP contribution is 2.53. The Hall–Kier alpha value is -1.61. The summed E-state index contributed by atoms with van der Waals surface area (Å²) in [6.07, 6.45) is 4.07. The highest BCUT2D eigenvalue weighted by atomic mass is 35.5. The van der Waals surface area contributed by atoms with E-state index in [0.29, 0.717) is 5.02 Å². The molecule has 0 amide bonds. The van der Waals surface area contributed by atoms with Crippen LogP contribution >= 0.6 is 23.2 Å². The van der Waals surface area contributed by atoms with Crippen molar-refractivity contribution in [1.29, 1.82) is 0 Å². The highest BCUT2D eigenvalue weighted by Gasteiger charge is 2.52. The first kappa shape index (κ1) is 17.8. The minimum absolute atomic E-state index is 0.136. The lowest BCUT2D eigenvalue weighted by Crippen LogP contribution is -2.57. The summed E-state index contributed by atoms with van der Waals surface area (Å²) >= 11 is 12.5. The molecule has 2 aromatic carbocycles. The van der Waals surface area contributed by atoms with Crippen LogP contribution in [-0.2, 0) is 5.41 Å². The lowest BCUT2D eigenvalue weighted by Gasteiger charge is -2.48. The van der Waals surface area contributed by atoms with Crippen LogP contribution in [0.25, 0.3) is 0 Å². The number of aliphatic imine (C=N–C) groups is 1. The van der Waals surface area contributed by atoms with Crippen molar-refractivity contribution in [3.8, 4) is 0 Å². The average molecular weight is 385 g/mol. The van der Waals surface area contributed by atoms with Crippen LogP contribution in [0.2, 0.25) is 10.0 Å². The van der Waals surface area contributed by atoms with Gasteiger partial charge in [-0.05, 0) is 54.8 Å². The molecule has 0 saturated carbocycles. The molecule has 134 valence electrons. The number of hydrogen-bond acceptors (Lipinski definition) is 2. The van der Waals surface area contributed by atoms with Crippen LogP contribution in [0.1, 0.15) is 36.8 Å². The summed E-state index contributed by atoms with van der Waals surface area (Å²) in [7, 11) is 0. The molecule has 4 rings (SSSR count). The van der Waals surface area contributed by atoms with Gasteiger partial charge in [-0.3, -0.25) is 4.99 Å². The first-order valence-electron chi connectivity index (χ1n) is 9.08. The molecule has 0 aliphatic carbocycles. The van der Waals surface area contributed by atoms with Gasteiger partial charge < -0.3 is 5.32 Å². The quantitative estimate of drug-likeness (QED) is 0.638. The predicted molar refractivity (Wildman–Crippen MR) is 111 cm³/mol. The maximum absolute atomic E-state index is 6.32. The lowest BCUT2D eigenvalue weighted by atomic mass is 9.60. The van der Waals surface area contributed by atoms with Gasteiger partial charge in [-0.25, -0.2) is 0 Å². The van der Waals surface area contributed by atoms with E-state index in [9.17, 15) is 0 Å². The number of halogens is 2. The molecule has 2 heterocycles. The van der Waals surface area contributed by atoms with E-state index >= 15 is 0 Å². The number of piperidine rings is 1. The van der Waals surface area contributed by atoms with Gasteiger partial charge in [-0.2, -0.15) is 0 Å². The molecular formula is C22H22Cl2N2. The summed E-state index contributed by atoms with van der Waals surface area (Å²) in [5.41, 5.74) is 4.37. The maximum atomic E-state index is 6.32. The molecule has 26 heavy (non-hydrogen) atoms. The van der Waals surface area contributed by atoms with Crippen molar-refractivity contribution in [1.82, 2.24) is 5.32 Å². The molecule has 1 N–H and O–H groups in total. The Bertz CT molecular complexity index is 889. The topological polar surface area (TPSA) is 24.4 Å². The number of nitrogens with zero attached hydrogens (tertiary/aromatic N) is 1. The minimum atomic E-state index is -0.268. The summed E-state index contributed by atoms with van der Waals surface area (Å²) in [5.74, 6) is 0.280. The molecule has 1 spiro atoms. The third-order valence-corrected chi connectivity index (χ3v) is 6.26. The van der Waals surface area contributed by atoms with Crippen LogP contribution in [0.5, 0.6) is 0 Å². The largest absolute Gasteiger partial charge is 0.309 e. The van der Waals surface area contributed by atoms with Gasteiger partial charge in [-0.15, -0.1) is 0 Å². The fourth-order valence-corrected chi connectivity index (χ4v) is 4.93. The summed E-state index contributed by atoms with van der Waals surface area (Å²) in [5, 5.41) is 5.20. The molecule has 0 unspecified atom stereocenters. The van der Waals surface area contributed by atoms with Crippen LogP contribution in [-0.4, -0.2) is 18.8 Å². The van der Waals surface area contributed by atoms with Crippen LogP contribution in [0.4, 0.5) is 5.69 Å². The minimum Gasteiger partial charge on any atom is -0.309 e. The van der Waals surface area contributed by atoms with Gasteiger partial charge in [-0.1, -0.05) is 60.5 Å². The van der Waals surface area contributed by atoms with Gasteiger partial charge in [0.25, 0.3) is 0 Å². The summed E-state index contributed by atoms with van der Waals surface area (Å²) in [6, 6.07) is 14.4. The van der Waals surface area contributed by atoms with Crippen LogP contribution < -0.4 is 5.32 Å². The first-order valence-corrected chi connectivity index (χ1v) is 9.83. The van der Waals surface area contributed by atoms with Gasteiger partial charge in [0.1, 0.15) is 0 Å². The second-order valence-electron chi connectivity index (χ2n) is 7.15. The number of fused-ring (bicyclic) bond motifs is 2. The van der Waals surface area contributed by atoms with Crippen molar-refractivity contribution < 1.29 is 0 Å². The van der Waals surface area contributed by atoms with Crippen molar-refractivity contribution in [3.05, 3.63) is 75.8 Å². The van der Waals surface area contributed by atoms with Gasteiger partial charge in [0.2, 0.25) is 0 Å². The lowest BCUT2D eigenvalue weighted by molar-refractivity contribution is 0.291. The third kappa shape index (κ3) is 2.72. The third-order valence-electron chi connectivity index (χ3n) is 5.79. The summed E-state index contributed by atoms with van der Waals surface area (Å²) in [6.45, 7) is 7.48. The molecular weight excluding hydrogens is 363 g/mol. The van der Waals surface area contributed by atoms with Crippen molar-refractivity contribution >= 4 is 35.1 Å². The molecule has 2 nitrogen and oxygen atoms in total. The van der Waals surface area contributed by atoms with E-state index in [4.69, 9.17) is 28.2 Å². The monoisotopic (exact) mass is 384 g/mol. The Balaban J connectivity index is 1.92.